The number of nitrogens with one attached hydrogen (secondary N) is 6. The van der Waals surface area contributed by atoms with E-state index in [4.69, 9.17) is 34.4 Å². The van der Waals surface area contributed by atoms with Gasteiger partial charge in [0, 0.05) is 0 Å². The fourth-order valence-electron chi connectivity index (χ4n) is 1.59. The van der Waals surface area contributed by atoms with Crippen LogP contribution in [-0.2, 0) is 16.8 Å². The molecule has 6 unspecified atom stereocenters. The van der Waals surface area contributed by atoms with Crippen molar-refractivity contribution >= 4 is 0 Å². The molecule has 0 heterocycles. The Hall–Kier alpha value is 0.266. The van der Waals surface area contributed by atoms with Crippen LogP contribution in [0.3, 0.4) is 0 Å². The SMILES string of the molecule is CC([NH-])CC(C)[NH-].CC([NH-])CC(C)[NH-].CC([NH-])CC(C)[NH-].[Co+3]. The molecule has 7 heteroatoms. The van der Waals surface area contributed by atoms with E-state index in [1.807, 2.05) is 41.5 Å². The van der Waals surface area contributed by atoms with E-state index in [1.54, 1.807) is 0 Å². The molecule has 0 fully saturated rings. The maximum absolute atomic E-state index is 6.99. The fourth-order valence-corrected chi connectivity index (χ4v) is 1.59. The first-order valence-corrected chi connectivity index (χ1v) is 7.65. The van der Waals surface area contributed by atoms with Crippen molar-refractivity contribution in [3.05, 3.63) is 34.4 Å². The Morgan fingerprint density at radius 1 is 0.409 bits per heavy atom. The Morgan fingerprint density at radius 2 is 0.500 bits per heavy atom. The summed E-state index contributed by atoms with van der Waals surface area (Å²) in [4.78, 5) is 0. The van der Waals surface area contributed by atoms with Crippen LogP contribution in [0.2, 0.25) is 0 Å². The van der Waals surface area contributed by atoms with Crippen LogP contribution < -0.4 is 0 Å². The Labute approximate surface area is 148 Å². The third kappa shape index (κ3) is 50.0. The molecule has 0 saturated carbocycles. The van der Waals surface area contributed by atoms with Gasteiger partial charge in [0.15, 0.2) is 0 Å². The maximum atomic E-state index is 6.99. The van der Waals surface area contributed by atoms with Gasteiger partial charge in [-0.2, -0.15) is 0 Å². The van der Waals surface area contributed by atoms with Gasteiger partial charge in [-0.05, 0) is 0 Å². The average molecular weight is 359 g/mol. The number of hydrogen-bond donors (Lipinski definition) is 0. The first kappa shape index (κ1) is 30.2. The van der Waals surface area contributed by atoms with Crippen LogP contribution in [0, 0.1) is 0 Å². The second kappa shape index (κ2) is 19.3. The molecule has 22 heavy (non-hydrogen) atoms. The van der Waals surface area contributed by atoms with E-state index in [0.717, 1.165) is 0 Å². The summed E-state index contributed by atoms with van der Waals surface area (Å²) in [6.45, 7) is 10.9. The van der Waals surface area contributed by atoms with Crippen LogP contribution >= 0.6 is 0 Å². The molecule has 6 atom stereocenters. The zero-order chi connectivity index (χ0) is 17.6. The summed E-state index contributed by atoms with van der Waals surface area (Å²) in [6, 6.07) is -0.375. The van der Waals surface area contributed by atoms with Crippen LogP contribution in [0.4, 0.5) is 0 Å². The monoisotopic (exact) mass is 359 g/mol. The van der Waals surface area contributed by atoms with Crippen LogP contribution in [0.15, 0.2) is 0 Å². The Morgan fingerprint density at radius 3 is 0.500 bits per heavy atom. The van der Waals surface area contributed by atoms with E-state index in [2.05, 4.69) is 0 Å². The molecule has 0 amide bonds. The number of hydrogen-bond acceptors (Lipinski definition) is 0. The van der Waals surface area contributed by atoms with E-state index in [1.165, 1.54) is 0 Å². The second-order valence-electron chi connectivity index (χ2n) is 6.11. The summed E-state index contributed by atoms with van der Waals surface area (Å²) in [5.41, 5.74) is 41.9. The largest absolute Gasteiger partial charge is 3.00 e. The molecule has 6 nitrogen and oxygen atoms in total. The Kier molecular flexibility index (Phi) is 26.5. The summed E-state index contributed by atoms with van der Waals surface area (Å²) < 4.78 is 0. The molecule has 0 aromatic rings. The van der Waals surface area contributed by atoms with Crippen molar-refractivity contribution in [1.82, 2.24) is 0 Å². The summed E-state index contributed by atoms with van der Waals surface area (Å²) in [5.74, 6) is 0. The van der Waals surface area contributed by atoms with Crippen LogP contribution in [0.1, 0.15) is 60.8 Å². The van der Waals surface area contributed by atoms with Gasteiger partial charge < -0.3 is 34.4 Å². The van der Waals surface area contributed by atoms with E-state index in [9.17, 15) is 0 Å². The van der Waals surface area contributed by atoms with Crippen molar-refractivity contribution in [2.75, 3.05) is 0 Å². The van der Waals surface area contributed by atoms with Crippen molar-refractivity contribution < 1.29 is 16.8 Å². The first-order chi connectivity index (χ1) is 9.38. The Balaban J connectivity index is -0.000000108. The van der Waals surface area contributed by atoms with Gasteiger partial charge in [0.05, 0.1) is 0 Å². The molecule has 0 aliphatic carbocycles. The summed E-state index contributed by atoms with van der Waals surface area (Å²) >= 11 is 0. The van der Waals surface area contributed by atoms with Crippen LogP contribution in [0.25, 0.3) is 34.4 Å². The molecule has 0 spiro atoms. The Bertz CT molecular complexity index is 145. The van der Waals surface area contributed by atoms with Crippen LogP contribution in [-0.4, -0.2) is 36.3 Å². The minimum atomic E-state index is -0.0625. The van der Waals surface area contributed by atoms with E-state index < -0.39 is 0 Å². The molecule has 138 valence electrons. The minimum absolute atomic E-state index is 0. The smallest absolute Gasteiger partial charge is 0.675 e. The van der Waals surface area contributed by atoms with Crippen molar-refractivity contribution in [2.45, 2.75) is 97.1 Å². The van der Waals surface area contributed by atoms with Crippen molar-refractivity contribution in [1.29, 1.82) is 0 Å². The predicted molar refractivity (Wildman–Crippen MR) is 96.6 cm³/mol. The molecule has 0 aliphatic heterocycles. The zero-order valence-corrected chi connectivity index (χ0v) is 16.0. The third-order valence-electron chi connectivity index (χ3n) is 2.12. The van der Waals surface area contributed by atoms with Crippen molar-refractivity contribution in [2.24, 2.45) is 0 Å². The second-order valence-corrected chi connectivity index (χ2v) is 6.11. The molecular weight excluding hydrogens is 323 g/mol. The topological polar surface area (TPSA) is 143 Å². The van der Waals surface area contributed by atoms with E-state index in [0.29, 0.717) is 19.3 Å². The first-order valence-electron chi connectivity index (χ1n) is 7.65. The summed E-state index contributed by atoms with van der Waals surface area (Å²) in [6.07, 6.45) is 2.08. The maximum Gasteiger partial charge on any atom is 3.00 e. The van der Waals surface area contributed by atoms with Crippen molar-refractivity contribution in [3.8, 4) is 0 Å². The van der Waals surface area contributed by atoms with Gasteiger partial charge in [-0.25, -0.2) is 0 Å². The standard InChI is InChI=1S/3C5H12N2.Co/c3*1-4(6)3-5(2)7;/h3*4-7H,3H2,1-2H3;/q3*-2;+3. The summed E-state index contributed by atoms with van der Waals surface area (Å²) in [7, 11) is 0. The van der Waals surface area contributed by atoms with Gasteiger partial charge in [-0.3, -0.25) is 0 Å². The van der Waals surface area contributed by atoms with Gasteiger partial charge in [0.25, 0.3) is 0 Å². The molecule has 0 rings (SSSR count). The minimum Gasteiger partial charge on any atom is -0.675 e. The molecule has 0 aliphatic rings. The molecule has 0 aromatic heterocycles. The fraction of sp³-hybridized carbons (Fsp3) is 1.00. The number of rotatable bonds is 6. The molecule has 0 radical (unpaired) electrons. The molecule has 0 aromatic carbocycles. The quantitative estimate of drug-likeness (QED) is 0.493. The van der Waals surface area contributed by atoms with Gasteiger partial charge in [-0.1, -0.05) is 60.8 Å². The van der Waals surface area contributed by atoms with E-state index in [-0.39, 0.29) is 53.0 Å². The van der Waals surface area contributed by atoms with Gasteiger partial charge in [-0.15, -0.1) is 36.3 Å². The normalized spacial score (nSPS) is 18.0. The molecule has 0 bridgehead atoms. The molecule has 6 N–H and O–H groups in total. The molecule has 0 saturated heterocycles. The summed E-state index contributed by atoms with van der Waals surface area (Å²) in [5, 5.41) is 0. The third-order valence-corrected chi connectivity index (χ3v) is 2.12. The van der Waals surface area contributed by atoms with Crippen molar-refractivity contribution in [3.63, 3.8) is 0 Å². The average Bonchev–Trinajstić information content (AvgIpc) is 2.10. The van der Waals surface area contributed by atoms with Gasteiger partial charge in [0.1, 0.15) is 0 Å². The van der Waals surface area contributed by atoms with E-state index >= 15 is 0 Å². The molecular formula is C15H36CoN6-3. The van der Waals surface area contributed by atoms with Gasteiger partial charge in [0.2, 0.25) is 0 Å². The zero-order valence-electron chi connectivity index (χ0n) is 14.9. The van der Waals surface area contributed by atoms with Gasteiger partial charge >= 0.3 is 16.8 Å². The van der Waals surface area contributed by atoms with Crippen LogP contribution in [0.5, 0.6) is 0 Å². The predicted octanol–water partition coefficient (Wildman–Crippen LogP) is 6.77.